The summed E-state index contributed by atoms with van der Waals surface area (Å²) in [5.41, 5.74) is 9.26. The van der Waals surface area contributed by atoms with Crippen molar-refractivity contribution in [2.45, 2.75) is 18.9 Å². The Balaban J connectivity index is 1.22. The van der Waals surface area contributed by atoms with Crippen LogP contribution in [-0.4, -0.2) is 41.1 Å². The van der Waals surface area contributed by atoms with Crippen LogP contribution in [0.3, 0.4) is 0 Å². The summed E-state index contributed by atoms with van der Waals surface area (Å²) < 4.78 is 5.75. The standard InChI is InChI=1S/C26H24N4O3S/c27-22-20-11-12-21(17-7-3-1-4-8-17)29-24(20)34-23(22)25(31)33-19-13-15-30(16-14-19)26(32)28-18-9-5-2-6-10-18/h1-12,19H,13-16,27H2,(H,28,32). The number of nitrogens with two attached hydrogens (primary N) is 1. The van der Waals surface area contributed by atoms with Crippen molar-refractivity contribution in [3.05, 3.63) is 77.7 Å². The smallest absolute Gasteiger partial charge is 0.350 e. The summed E-state index contributed by atoms with van der Waals surface area (Å²) in [6.07, 6.45) is 0.898. The Morgan fingerprint density at radius 1 is 0.971 bits per heavy atom. The number of carbonyl (C=O) groups excluding carboxylic acids is 2. The van der Waals surface area contributed by atoms with Gasteiger partial charge in [-0.2, -0.15) is 0 Å². The van der Waals surface area contributed by atoms with Gasteiger partial charge in [0, 0.05) is 42.6 Å². The zero-order valence-corrected chi connectivity index (χ0v) is 19.3. The van der Waals surface area contributed by atoms with Gasteiger partial charge in [-0.1, -0.05) is 48.5 Å². The average molecular weight is 473 g/mol. The van der Waals surface area contributed by atoms with Crippen LogP contribution < -0.4 is 11.1 Å². The maximum absolute atomic E-state index is 12.9. The Kier molecular flexibility index (Phi) is 6.14. The number of urea groups is 1. The van der Waals surface area contributed by atoms with E-state index in [1.807, 2.05) is 72.8 Å². The highest BCUT2D eigenvalue weighted by molar-refractivity contribution is 7.21. The molecule has 3 heterocycles. The van der Waals surface area contributed by atoms with Gasteiger partial charge in [0.2, 0.25) is 0 Å². The Morgan fingerprint density at radius 3 is 2.35 bits per heavy atom. The Hall–Kier alpha value is -3.91. The Bertz CT molecular complexity index is 1320. The molecule has 8 heteroatoms. The molecule has 1 saturated heterocycles. The molecule has 4 aromatic rings. The van der Waals surface area contributed by atoms with E-state index in [9.17, 15) is 9.59 Å². The van der Waals surface area contributed by atoms with Gasteiger partial charge in [0.15, 0.2) is 0 Å². The van der Waals surface area contributed by atoms with Crippen molar-refractivity contribution in [2.24, 2.45) is 0 Å². The SMILES string of the molecule is Nc1c(C(=O)OC2CCN(C(=O)Nc3ccccc3)CC2)sc2nc(-c3ccccc3)ccc12. The van der Waals surface area contributed by atoms with Gasteiger partial charge in [-0.3, -0.25) is 0 Å². The van der Waals surface area contributed by atoms with Crippen LogP contribution in [0.5, 0.6) is 0 Å². The number of amides is 2. The Morgan fingerprint density at radius 2 is 1.65 bits per heavy atom. The van der Waals surface area contributed by atoms with Crippen molar-refractivity contribution in [1.82, 2.24) is 9.88 Å². The zero-order valence-electron chi connectivity index (χ0n) is 18.4. The number of likely N-dealkylation sites (tertiary alicyclic amines) is 1. The number of hydrogen-bond donors (Lipinski definition) is 2. The highest BCUT2D eigenvalue weighted by Crippen LogP contribution is 2.35. The van der Waals surface area contributed by atoms with E-state index >= 15 is 0 Å². The van der Waals surface area contributed by atoms with E-state index in [0.29, 0.717) is 41.3 Å². The minimum Gasteiger partial charge on any atom is -0.458 e. The molecule has 1 aliphatic heterocycles. The zero-order chi connectivity index (χ0) is 23.5. The van der Waals surface area contributed by atoms with Crippen LogP contribution in [0.2, 0.25) is 0 Å². The van der Waals surface area contributed by atoms with Crippen molar-refractivity contribution in [3.63, 3.8) is 0 Å². The third-order valence-corrected chi connectivity index (χ3v) is 6.97. The largest absolute Gasteiger partial charge is 0.458 e. The van der Waals surface area contributed by atoms with Crippen molar-refractivity contribution in [2.75, 3.05) is 24.1 Å². The second-order valence-electron chi connectivity index (χ2n) is 8.15. The minimum absolute atomic E-state index is 0.148. The number of aromatic nitrogens is 1. The lowest BCUT2D eigenvalue weighted by molar-refractivity contribution is 0.0164. The van der Waals surface area contributed by atoms with Gasteiger partial charge in [-0.05, 0) is 24.3 Å². The van der Waals surface area contributed by atoms with E-state index in [2.05, 4.69) is 5.32 Å². The molecular formula is C26H24N4O3S. The van der Waals surface area contributed by atoms with Gasteiger partial charge >= 0.3 is 12.0 Å². The first-order valence-electron chi connectivity index (χ1n) is 11.1. The first kappa shape index (κ1) is 21.9. The normalized spacial score (nSPS) is 14.2. The fourth-order valence-corrected chi connectivity index (χ4v) is 5.00. The molecule has 0 atom stereocenters. The lowest BCUT2D eigenvalue weighted by Crippen LogP contribution is -2.43. The molecule has 0 radical (unpaired) electrons. The quantitative estimate of drug-likeness (QED) is 0.388. The number of rotatable bonds is 4. The van der Waals surface area contributed by atoms with Gasteiger partial charge in [0.25, 0.3) is 0 Å². The highest BCUT2D eigenvalue weighted by Gasteiger charge is 2.27. The molecule has 1 fully saturated rings. The van der Waals surface area contributed by atoms with E-state index in [4.69, 9.17) is 15.5 Å². The van der Waals surface area contributed by atoms with Gasteiger partial charge in [-0.25, -0.2) is 14.6 Å². The molecule has 2 aromatic heterocycles. The van der Waals surface area contributed by atoms with Crippen molar-refractivity contribution in [3.8, 4) is 11.3 Å². The summed E-state index contributed by atoms with van der Waals surface area (Å²) >= 11 is 1.25. The lowest BCUT2D eigenvalue weighted by atomic mass is 10.1. The molecule has 0 saturated carbocycles. The van der Waals surface area contributed by atoms with E-state index in [1.165, 1.54) is 11.3 Å². The number of carbonyl (C=O) groups is 2. The summed E-state index contributed by atoms with van der Waals surface area (Å²) in [7, 11) is 0. The maximum Gasteiger partial charge on any atom is 0.350 e. The molecule has 172 valence electrons. The highest BCUT2D eigenvalue weighted by atomic mass is 32.1. The summed E-state index contributed by atoms with van der Waals surface area (Å²) in [6, 6.07) is 22.9. The number of anilines is 2. The predicted octanol–water partition coefficient (Wildman–Crippen LogP) is 5.40. The number of nitrogen functional groups attached to an aromatic ring is 1. The Labute approximate surface area is 201 Å². The van der Waals surface area contributed by atoms with Gasteiger partial charge in [0.05, 0.1) is 11.4 Å². The summed E-state index contributed by atoms with van der Waals surface area (Å²) in [5.74, 6) is -0.436. The average Bonchev–Trinajstić information content (AvgIpc) is 3.21. The second-order valence-corrected chi connectivity index (χ2v) is 9.15. The fourth-order valence-electron chi connectivity index (χ4n) is 4.02. The summed E-state index contributed by atoms with van der Waals surface area (Å²) in [5, 5.41) is 3.64. The molecule has 2 aromatic carbocycles. The molecule has 2 amide bonds. The minimum atomic E-state index is -0.436. The van der Waals surface area contributed by atoms with Crippen LogP contribution in [0, 0.1) is 0 Å². The number of ether oxygens (including phenoxy) is 1. The topological polar surface area (TPSA) is 97.6 Å². The van der Waals surface area contributed by atoms with Crippen LogP contribution in [0.4, 0.5) is 16.2 Å². The molecule has 1 aliphatic rings. The number of nitrogens with one attached hydrogen (secondary N) is 1. The fraction of sp³-hybridized carbons (Fsp3) is 0.192. The van der Waals surface area contributed by atoms with E-state index in [-0.39, 0.29) is 12.1 Å². The van der Waals surface area contributed by atoms with Crippen LogP contribution >= 0.6 is 11.3 Å². The number of para-hydroxylation sites is 1. The predicted molar refractivity (Wildman–Crippen MR) is 135 cm³/mol. The van der Waals surface area contributed by atoms with Crippen molar-refractivity contribution in [1.29, 1.82) is 0 Å². The summed E-state index contributed by atoms with van der Waals surface area (Å²) in [6.45, 7) is 1.03. The number of piperidine rings is 1. The van der Waals surface area contributed by atoms with Crippen LogP contribution in [-0.2, 0) is 4.74 Å². The first-order chi connectivity index (χ1) is 16.6. The lowest BCUT2D eigenvalue weighted by Gasteiger charge is -2.31. The van der Waals surface area contributed by atoms with Crippen LogP contribution in [0.15, 0.2) is 72.8 Å². The molecule has 3 N–H and O–H groups in total. The molecule has 34 heavy (non-hydrogen) atoms. The number of pyridine rings is 1. The molecule has 0 unspecified atom stereocenters. The molecule has 0 spiro atoms. The second kappa shape index (κ2) is 9.52. The number of thiophene rings is 1. The van der Waals surface area contributed by atoms with E-state index < -0.39 is 5.97 Å². The number of nitrogens with zero attached hydrogens (tertiary/aromatic N) is 2. The number of esters is 1. The number of benzene rings is 2. The molecule has 5 rings (SSSR count). The molecule has 0 bridgehead atoms. The van der Waals surface area contributed by atoms with Gasteiger partial charge in [0.1, 0.15) is 15.8 Å². The third-order valence-electron chi connectivity index (χ3n) is 5.88. The molecule has 7 nitrogen and oxygen atoms in total. The monoisotopic (exact) mass is 472 g/mol. The van der Waals surface area contributed by atoms with E-state index in [0.717, 1.165) is 22.3 Å². The van der Waals surface area contributed by atoms with Gasteiger partial charge < -0.3 is 20.7 Å². The van der Waals surface area contributed by atoms with Crippen molar-refractivity contribution < 1.29 is 14.3 Å². The third kappa shape index (κ3) is 4.58. The molecule has 0 aliphatic carbocycles. The van der Waals surface area contributed by atoms with Crippen LogP contribution in [0.1, 0.15) is 22.5 Å². The van der Waals surface area contributed by atoms with Gasteiger partial charge in [-0.15, -0.1) is 11.3 Å². The first-order valence-corrected chi connectivity index (χ1v) is 12.0. The van der Waals surface area contributed by atoms with Crippen molar-refractivity contribution >= 4 is 44.9 Å². The number of fused-ring (bicyclic) bond motifs is 1. The van der Waals surface area contributed by atoms with Crippen LogP contribution in [0.25, 0.3) is 21.5 Å². The number of hydrogen-bond acceptors (Lipinski definition) is 6. The molecular weight excluding hydrogens is 448 g/mol. The summed E-state index contributed by atoms with van der Waals surface area (Å²) in [4.78, 5) is 32.9. The van der Waals surface area contributed by atoms with E-state index in [1.54, 1.807) is 4.90 Å². The maximum atomic E-state index is 12.9.